The number of rotatable bonds is 3. The number of halogens is 1. The Morgan fingerprint density at radius 3 is 2.69 bits per heavy atom. The fraction of sp³-hybridized carbons (Fsp3) is 0.393. The third-order valence-electron chi connectivity index (χ3n) is 6.59. The van der Waals surface area contributed by atoms with E-state index in [4.69, 9.17) is 31.1 Å². The molecule has 10 nitrogen and oxygen atoms in total. The lowest BCUT2D eigenvalue weighted by Gasteiger charge is -2.32. The first-order valence-electron chi connectivity index (χ1n) is 12.6. The van der Waals surface area contributed by atoms with Crippen LogP contribution in [-0.4, -0.2) is 47.0 Å². The Labute approximate surface area is 230 Å². The summed E-state index contributed by atoms with van der Waals surface area (Å²) >= 11 is 6.63. The molecule has 0 bridgehead atoms. The molecular weight excluding hydrogens is 522 g/mol. The van der Waals surface area contributed by atoms with Crippen molar-refractivity contribution in [3.8, 4) is 23.1 Å². The predicted octanol–water partition coefficient (Wildman–Crippen LogP) is 6.24. The molecule has 202 valence electrons. The number of hydrogen-bond acceptors (Lipinski definition) is 8. The van der Waals surface area contributed by atoms with Crippen molar-refractivity contribution in [2.24, 2.45) is 5.92 Å². The van der Waals surface area contributed by atoms with Gasteiger partial charge in [-0.3, -0.25) is 10.2 Å². The molecule has 1 aliphatic heterocycles. The number of pyridine rings is 2. The van der Waals surface area contributed by atoms with Crippen LogP contribution in [-0.2, 0) is 9.47 Å². The van der Waals surface area contributed by atoms with Crippen molar-refractivity contribution in [3.63, 3.8) is 0 Å². The van der Waals surface area contributed by atoms with Crippen LogP contribution in [0.3, 0.4) is 0 Å². The van der Waals surface area contributed by atoms with E-state index in [1.54, 1.807) is 23.4 Å². The maximum Gasteiger partial charge on any atom is 0.415 e. The van der Waals surface area contributed by atoms with Crippen LogP contribution in [0, 0.1) is 24.2 Å². The van der Waals surface area contributed by atoms with E-state index in [1.165, 1.54) is 0 Å². The summed E-state index contributed by atoms with van der Waals surface area (Å²) in [5, 5.41) is 13.5. The topological polar surface area (TPSA) is 127 Å². The molecule has 11 heteroatoms. The zero-order valence-corrected chi connectivity index (χ0v) is 22.8. The van der Waals surface area contributed by atoms with Crippen molar-refractivity contribution < 1.29 is 23.8 Å². The summed E-state index contributed by atoms with van der Waals surface area (Å²) < 4.78 is 16.7. The first-order chi connectivity index (χ1) is 18.5. The second-order valence-corrected chi connectivity index (χ2v) is 11.0. The zero-order valence-electron chi connectivity index (χ0n) is 22.1. The minimum absolute atomic E-state index is 0.0634. The Bertz CT molecular complexity index is 1510. The van der Waals surface area contributed by atoms with Crippen LogP contribution in [0.2, 0.25) is 5.02 Å². The molecule has 1 aromatic carbocycles. The number of ether oxygens (including phenoxy) is 3. The molecule has 0 saturated heterocycles. The summed E-state index contributed by atoms with van der Waals surface area (Å²) in [6, 6.07) is 7.60. The highest BCUT2D eigenvalue weighted by Crippen LogP contribution is 2.41. The molecule has 0 spiro atoms. The zero-order chi connectivity index (χ0) is 27.9. The van der Waals surface area contributed by atoms with Gasteiger partial charge in [0.2, 0.25) is 5.88 Å². The van der Waals surface area contributed by atoms with E-state index in [1.807, 2.05) is 39.8 Å². The fourth-order valence-electron chi connectivity index (χ4n) is 4.62. The smallest absolute Gasteiger partial charge is 0.415 e. The predicted molar refractivity (Wildman–Crippen MR) is 146 cm³/mol. The van der Waals surface area contributed by atoms with Gasteiger partial charge in [0.1, 0.15) is 29.8 Å². The van der Waals surface area contributed by atoms with Gasteiger partial charge in [-0.2, -0.15) is 5.26 Å². The third-order valence-corrected chi connectivity index (χ3v) is 6.90. The van der Waals surface area contributed by atoms with E-state index in [0.717, 1.165) is 22.1 Å². The van der Waals surface area contributed by atoms with Crippen LogP contribution >= 0.6 is 11.6 Å². The third kappa shape index (κ3) is 5.54. The Kier molecular flexibility index (Phi) is 6.95. The van der Waals surface area contributed by atoms with Crippen LogP contribution in [0.5, 0.6) is 5.88 Å². The molecule has 0 radical (unpaired) electrons. The second kappa shape index (κ2) is 10.2. The summed E-state index contributed by atoms with van der Waals surface area (Å²) in [4.78, 5) is 35.6. The van der Waals surface area contributed by atoms with Gasteiger partial charge < -0.3 is 14.2 Å². The van der Waals surface area contributed by atoms with Crippen molar-refractivity contribution in [2.45, 2.75) is 52.2 Å². The van der Waals surface area contributed by atoms with Gasteiger partial charge >= 0.3 is 12.2 Å². The summed E-state index contributed by atoms with van der Waals surface area (Å²) in [6.45, 7) is 8.00. The highest BCUT2D eigenvalue weighted by Gasteiger charge is 2.33. The Morgan fingerprint density at radius 2 is 1.97 bits per heavy atom. The first kappa shape index (κ1) is 26.5. The van der Waals surface area contributed by atoms with E-state index < -0.39 is 17.8 Å². The lowest BCUT2D eigenvalue weighted by molar-refractivity contribution is 0.0417. The Hall–Kier alpha value is -4.10. The standard InChI is InChI=1S/C28H28ClN5O5/c1-15-20(13-32-25-24(15)34(5-6-37-25)27(36)39-28(2,3)4)17-9-18-11-23(31-14-21(18)22(29)10-17)33-26(35)38-19-7-16(8-19)12-30/h9-11,13-14,16,19H,5-8H2,1-4H3,(H,31,33,35). The van der Waals surface area contributed by atoms with Crippen molar-refractivity contribution >= 4 is 46.1 Å². The fourth-order valence-corrected chi connectivity index (χ4v) is 4.89. The number of nitrogens with zero attached hydrogens (tertiary/aromatic N) is 4. The Balaban J connectivity index is 1.44. The number of hydrogen-bond donors (Lipinski definition) is 1. The second-order valence-electron chi connectivity index (χ2n) is 10.6. The molecular formula is C28H28ClN5O5. The lowest BCUT2D eigenvalue weighted by atomic mass is 9.84. The normalized spacial score (nSPS) is 18.3. The first-order valence-corrected chi connectivity index (χ1v) is 13.0. The summed E-state index contributed by atoms with van der Waals surface area (Å²) in [5.74, 6) is 0.607. The van der Waals surface area contributed by atoms with Gasteiger partial charge in [0.15, 0.2) is 0 Å². The van der Waals surface area contributed by atoms with E-state index in [0.29, 0.717) is 53.8 Å². The molecule has 2 amide bonds. The molecule has 2 aromatic heterocycles. The van der Waals surface area contributed by atoms with Gasteiger partial charge in [0, 0.05) is 36.2 Å². The number of anilines is 2. The monoisotopic (exact) mass is 549 g/mol. The summed E-state index contributed by atoms with van der Waals surface area (Å²) in [6.07, 6.45) is 3.00. The number of carbonyl (C=O) groups excluding carboxylic acids is 2. The van der Waals surface area contributed by atoms with Gasteiger partial charge in [-0.25, -0.2) is 19.6 Å². The summed E-state index contributed by atoms with van der Waals surface area (Å²) in [7, 11) is 0. The van der Waals surface area contributed by atoms with Crippen molar-refractivity contribution in [2.75, 3.05) is 23.4 Å². The van der Waals surface area contributed by atoms with E-state index in [-0.39, 0.29) is 12.0 Å². The van der Waals surface area contributed by atoms with E-state index >= 15 is 0 Å². The lowest BCUT2D eigenvalue weighted by Crippen LogP contribution is -2.42. The SMILES string of the molecule is Cc1c(-c2cc(Cl)c3cnc(NC(=O)OC4CC(C#N)C4)cc3c2)cnc2c1N(C(=O)OC(C)(C)C)CCO2. The minimum atomic E-state index is -0.649. The minimum Gasteiger partial charge on any atom is -0.474 e. The van der Waals surface area contributed by atoms with Crippen LogP contribution in [0.1, 0.15) is 39.2 Å². The maximum absolute atomic E-state index is 13.0. The number of aromatic nitrogens is 2. The molecule has 1 fully saturated rings. The molecule has 0 atom stereocenters. The van der Waals surface area contributed by atoms with Gasteiger partial charge in [-0.15, -0.1) is 0 Å². The number of amides is 2. The quantitative estimate of drug-likeness (QED) is 0.406. The molecule has 39 heavy (non-hydrogen) atoms. The number of nitrogens with one attached hydrogen (secondary N) is 1. The molecule has 3 aromatic rings. The summed E-state index contributed by atoms with van der Waals surface area (Å²) in [5.41, 5.74) is 2.22. The van der Waals surface area contributed by atoms with E-state index in [2.05, 4.69) is 21.4 Å². The van der Waals surface area contributed by atoms with Gasteiger partial charge in [0.25, 0.3) is 0 Å². The molecule has 1 saturated carbocycles. The average molecular weight is 550 g/mol. The molecule has 0 unspecified atom stereocenters. The van der Waals surface area contributed by atoms with Crippen LogP contribution in [0.4, 0.5) is 21.1 Å². The Morgan fingerprint density at radius 1 is 1.21 bits per heavy atom. The van der Waals surface area contributed by atoms with Crippen molar-refractivity contribution in [1.29, 1.82) is 5.26 Å². The number of nitriles is 1. The highest BCUT2D eigenvalue weighted by molar-refractivity contribution is 6.36. The number of benzene rings is 1. The van der Waals surface area contributed by atoms with Gasteiger partial charge in [0.05, 0.1) is 23.6 Å². The highest BCUT2D eigenvalue weighted by atomic mass is 35.5. The molecule has 2 aliphatic rings. The molecule has 1 N–H and O–H groups in total. The largest absolute Gasteiger partial charge is 0.474 e. The van der Waals surface area contributed by atoms with Gasteiger partial charge in [-0.1, -0.05) is 11.6 Å². The average Bonchev–Trinajstić information content (AvgIpc) is 2.84. The van der Waals surface area contributed by atoms with Crippen molar-refractivity contribution in [1.82, 2.24) is 9.97 Å². The van der Waals surface area contributed by atoms with Crippen LogP contribution < -0.4 is 15.0 Å². The molecule has 5 rings (SSSR count). The number of fused-ring (bicyclic) bond motifs is 2. The van der Waals surface area contributed by atoms with Crippen LogP contribution in [0.25, 0.3) is 21.9 Å². The number of carbonyl (C=O) groups is 2. The molecule has 1 aliphatic carbocycles. The maximum atomic E-state index is 13.0. The van der Waals surface area contributed by atoms with Crippen molar-refractivity contribution in [3.05, 3.63) is 41.2 Å². The van der Waals surface area contributed by atoms with Crippen LogP contribution in [0.15, 0.2) is 30.6 Å². The van der Waals surface area contributed by atoms with Gasteiger partial charge in [-0.05, 0) is 62.4 Å². The molecule has 3 heterocycles. The van der Waals surface area contributed by atoms with E-state index in [9.17, 15) is 9.59 Å².